The molecule has 0 spiro atoms. The monoisotopic (exact) mass is 308 g/mol. The molecule has 4 rings (SSSR count). The fourth-order valence-corrected chi connectivity index (χ4v) is 3.94. The minimum Gasteiger partial charge on any atom is -0.482 e. The zero-order chi connectivity index (χ0) is 15.9. The largest absolute Gasteiger partial charge is 0.482 e. The van der Waals surface area contributed by atoms with Gasteiger partial charge in [0.15, 0.2) is 0 Å². The van der Waals surface area contributed by atoms with Gasteiger partial charge in [0.1, 0.15) is 30.0 Å². The van der Waals surface area contributed by atoms with Gasteiger partial charge in [0.25, 0.3) is 0 Å². The molecular formula is C15H16O7. The molecule has 22 heavy (non-hydrogen) atoms. The van der Waals surface area contributed by atoms with Crippen LogP contribution in [0, 0.1) is 11.3 Å². The topological polar surface area (TPSA) is 99.1 Å². The molecule has 0 aromatic heterocycles. The minimum absolute atomic E-state index is 0.0175. The van der Waals surface area contributed by atoms with Crippen LogP contribution in [0.25, 0.3) is 0 Å². The Morgan fingerprint density at radius 3 is 2.64 bits per heavy atom. The summed E-state index contributed by atoms with van der Waals surface area (Å²) in [6, 6.07) is 0. The average Bonchev–Trinajstić information content (AvgIpc) is 2.92. The van der Waals surface area contributed by atoms with Crippen molar-refractivity contribution in [2.45, 2.75) is 44.5 Å². The van der Waals surface area contributed by atoms with Gasteiger partial charge in [0.05, 0.1) is 0 Å². The Balaban J connectivity index is 1.92. The number of carbonyl (C=O) groups excluding carboxylic acids is 3. The molecule has 118 valence electrons. The van der Waals surface area contributed by atoms with Gasteiger partial charge in [-0.2, -0.15) is 0 Å². The molecule has 2 fully saturated rings. The number of rotatable bonds is 0. The summed E-state index contributed by atoms with van der Waals surface area (Å²) in [6.07, 6.45) is -1.42. The maximum Gasteiger partial charge on any atom is 0.373 e. The first-order valence-electron chi connectivity index (χ1n) is 7.32. The van der Waals surface area contributed by atoms with E-state index < -0.39 is 35.2 Å². The Morgan fingerprint density at radius 2 is 1.91 bits per heavy atom. The number of hydrogen-bond acceptors (Lipinski definition) is 7. The van der Waals surface area contributed by atoms with Crippen molar-refractivity contribution in [2.75, 3.05) is 6.61 Å². The molecule has 0 aromatic carbocycles. The van der Waals surface area contributed by atoms with Gasteiger partial charge in [0.2, 0.25) is 11.4 Å². The van der Waals surface area contributed by atoms with E-state index in [-0.39, 0.29) is 36.9 Å². The Morgan fingerprint density at radius 1 is 1.18 bits per heavy atom. The third kappa shape index (κ3) is 1.33. The molecule has 5 atom stereocenters. The van der Waals surface area contributed by atoms with E-state index >= 15 is 0 Å². The molecule has 1 N–H and O–H groups in total. The molecule has 7 nitrogen and oxygen atoms in total. The van der Waals surface area contributed by atoms with E-state index in [0.717, 1.165) is 0 Å². The van der Waals surface area contributed by atoms with Gasteiger partial charge in [-0.1, -0.05) is 6.92 Å². The van der Waals surface area contributed by atoms with Gasteiger partial charge in [-0.15, -0.1) is 0 Å². The fourth-order valence-electron chi connectivity index (χ4n) is 3.94. The van der Waals surface area contributed by atoms with Crippen LogP contribution in [0.1, 0.15) is 26.7 Å². The van der Waals surface area contributed by atoms with Gasteiger partial charge in [-0.05, 0) is 12.5 Å². The number of ketones is 1. The van der Waals surface area contributed by atoms with Gasteiger partial charge >= 0.3 is 11.9 Å². The lowest BCUT2D eigenvalue weighted by atomic mass is 9.67. The van der Waals surface area contributed by atoms with Crippen molar-refractivity contribution in [2.24, 2.45) is 11.3 Å². The molecule has 0 radical (unpaired) electrons. The lowest BCUT2D eigenvalue weighted by Crippen LogP contribution is -2.62. The number of cyclic esters (lactones) is 1. The highest BCUT2D eigenvalue weighted by Gasteiger charge is 2.70. The molecule has 1 aliphatic carbocycles. The molecule has 0 aromatic rings. The molecule has 7 heteroatoms. The predicted molar refractivity (Wildman–Crippen MR) is 69.2 cm³/mol. The van der Waals surface area contributed by atoms with Gasteiger partial charge in [0, 0.05) is 18.8 Å². The number of esters is 2. The van der Waals surface area contributed by atoms with Crippen LogP contribution < -0.4 is 0 Å². The summed E-state index contributed by atoms with van der Waals surface area (Å²) in [4.78, 5) is 37.1. The third-order valence-corrected chi connectivity index (χ3v) is 5.62. The molecule has 1 saturated carbocycles. The van der Waals surface area contributed by atoms with E-state index in [1.54, 1.807) is 0 Å². The van der Waals surface area contributed by atoms with Crippen molar-refractivity contribution < 1.29 is 33.7 Å². The fraction of sp³-hybridized carbons (Fsp3) is 0.667. The summed E-state index contributed by atoms with van der Waals surface area (Å²) in [7, 11) is 0. The zero-order valence-electron chi connectivity index (χ0n) is 12.3. The zero-order valence-corrected chi connectivity index (χ0v) is 12.3. The van der Waals surface area contributed by atoms with E-state index in [9.17, 15) is 19.5 Å². The van der Waals surface area contributed by atoms with Gasteiger partial charge in [-0.3, -0.25) is 4.79 Å². The first-order chi connectivity index (χ1) is 10.3. The maximum atomic E-state index is 12.7. The lowest BCUT2D eigenvalue weighted by Gasteiger charge is -2.40. The Kier molecular flexibility index (Phi) is 2.44. The number of Topliss-reactive ketones (excluding diaryl/α,β-unsaturated/α-hetero) is 1. The van der Waals surface area contributed by atoms with Crippen LogP contribution in [-0.2, 0) is 28.6 Å². The molecule has 1 saturated heterocycles. The van der Waals surface area contributed by atoms with Gasteiger partial charge in [-0.25, -0.2) is 9.59 Å². The molecule has 0 amide bonds. The first-order valence-corrected chi connectivity index (χ1v) is 7.32. The van der Waals surface area contributed by atoms with Crippen molar-refractivity contribution in [1.29, 1.82) is 0 Å². The highest BCUT2D eigenvalue weighted by Crippen LogP contribution is 2.51. The summed E-state index contributed by atoms with van der Waals surface area (Å²) >= 11 is 0. The van der Waals surface area contributed by atoms with Crippen molar-refractivity contribution in [1.82, 2.24) is 0 Å². The van der Waals surface area contributed by atoms with Crippen LogP contribution in [0.5, 0.6) is 0 Å². The van der Waals surface area contributed by atoms with Crippen LogP contribution in [0.2, 0.25) is 0 Å². The van der Waals surface area contributed by atoms with Crippen molar-refractivity contribution in [3.63, 3.8) is 0 Å². The van der Waals surface area contributed by atoms with E-state index in [4.69, 9.17) is 14.2 Å². The summed E-state index contributed by atoms with van der Waals surface area (Å²) in [5.41, 5.74) is -2.89. The van der Waals surface area contributed by atoms with Crippen LogP contribution >= 0.6 is 0 Å². The number of fused-ring (bicyclic) bond motifs is 4. The molecule has 0 unspecified atom stereocenters. The summed E-state index contributed by atoms with van der Waals surface area (Å²) < 4.78 is 15.8. The molecule has 3 bridgehead atoms. The Labute approximate surface area is 126 Å². The SMILES string of the molecule is C[C@H]1C2=C3O[C@H]1CC(=O)[C@@]1(C)COC(=O)[C@@]1(O)[C@H](C2)OC3=O. The van der Waals surface area contributed by atoms with E-state index in [1.165, 1.54) is 6.92 Å². The number of hydrogen-bond donors (Lipinski definition) is 1. The van der Waals surface area contributed by atoms with Crippen molar-refractivity contribution in [3.05, 3.63) is 11.3 Å². The lowest BCUT2D eigenvalue weighted by molar-refractivity contribution is -0.192. The van der Waals surface area contributed by atoms with Crippen LogP contribution in [-0.4, -0.2) is 47.2 Å². The van der Waals surface area contributed by atoms with Gasteiger partial charge < -0.3 is 19.3 Å². The third-order valence-electron chi connectivity index (χ3n) is 5.62. The Bertz CT molecular complexity index is 650. The summed E-state index contributed by atoms with van der Waals surface area (Å²) in [5, 5.41) is 11.0. The van der Waals surface area contributed by atoms with E-state index in [2.05, 4.69) is 0 Å². The molecule has 4 aliphatic rings. The summed E-state index contributed by atoms with van der Waals surface area (Å²) in [5.74, 6) is -1.92. The normalized spacial score (nSPS) is 46.5. The summed E-state index contributed by atoms with van der Waals surface area (Å²) in [6.45, 7) is 3.14. The predicted octanol–water partition coefficient (Wildman–Crippen LogP) is -0.142. The first kappa shape index (κ1) is 13.8. The molecule has 3 heterocycles. The maximum absolute atomic E-state index is 12.7. The van der Waals surface area contributed by atoms with Crippen LogP contribution in [0.3, 0.4) is 0 Å². The van der Waals surface area contributed by atoms with Crippen LogP contribution in [0.4, 0.5) is 0 Å². The second-order valence-electron chi connectivity index (χ2n) is 6.70. The second kappa shape index (κ2) is 3.90. The highest BCUT2D eigenvalue weighted by molar-refractivity contribution is 5.99. The smallest absolute Gasteiger partial charge is 0.373 e. The average molecular weight is 308 g/mol. The number of carbonyl (C=O) groups is 3. The van der Waals surface area contributed by atoms with Crippen molar-refractivity contribution in [3.8, 4) is 0 Å². The quantitative estimate of drug-likeness (QED) is 0.622. The van der Waals surface area contributed by atoms with E-state index in [1.807, 2.05) is 6.92 Å². The standard InChI is InChI=1S/C15H16O7/c1-6-7-3-10-15(19)13(18)20-5-14(15,2)9(16)4-8(6)21-11(7)12(17)22-10/h6,8,10,19H,3-5H2,1-2H3/t6-,8-,10-,14+,15-/m0/s1. The highest BCUT2D eigenvalue weighted by atomic mass is 16.6. The number of aliphatic hydroxyl groups is 1. The second-order valence-corrected chi connectivity index (χ2v) is 6.70. The molecule has 3 aliphatic heterocycles. The van der Waals surface area contributed by atoms with E-state index in [0.29, 0.717) is 5.57 Å². The minimum atomic E-state index is -2.15. The molecular weight excluding hydrogens is 292 g/mol. The Hall–Kier alpha value is -1.89. The number of ether oxygens (including phenoxy) is 3. The van der Waals surface area contributed by atoms with Crippen molar-refractivity contribution >= 4 is 17.7 Å². The van der Waals surface area contributed by atoms with Crippen LogP contribution in [0.15, 0.2) is 11.3 Å².